The maximum Gasteiger partial charge on any atom is 0.573 e. The Labute approximate surface area is 144 Å². The van der Waals surface area contributed by atoms with Crippen LogP contribution < -0.4 is 15.4 Å². The molecule has 0 saturated carbocycles. The molecule has 0 fully saturated rings. The highest BCUT2D eigenvalue weighted by atomic mass is 19.4. The molecule has 2 aromatic carbocycles. The van der Waals surface area contributed by atoms with E-state index >= 15 is 0 Å². The summed E-state index contributed by atoms with van der Waals surface area (Å²) in [5.41, 5.74) is 2.32. The molecular formula is C18H19F3N2O2. The van der Waals surface area contributed by atoms with Crippen LogP contribution in [0.15, 0.2) is 48.5 Å². The average molecular weight is 352 g/mol. The molecule has 134 valence electrons. The van der Waals surface area contributed by atoms with E-state index in [4.69, 9.17) is 0 Å². The van der Waals surface area contributed by atoms with Crippen LogP contribution in [0.2, 0.25) is 0 Å². The van der Waals surface area contributed by atoms with Gasteiger partial charge in [0.1, 0.15) is 5.75 Å². The fourth-order valence-electron chi connectivity index (χ4n) is 2.23. The minimum atomic E-state index is -4.73. The lowest BCUT2D eigenvalue weighted by Crippen LogP contribution is -2.17. The summed E-state index contributed by atoms with van der Waals surface area (Å²) in [4.78, 5) is 12.1. The molecule has 0 aliphatic rings. The van der Waals surface area contributed by atoms with E-state index in [0.29, 0.717) is 17.8 Å². The monoisotopic (exact) mass is 352 g/mol. The second-order valence-corrected chi connectivity index (χ2v) is 5.40. The van der Waals surface area contributed by atoms with Crippen molar-refractivity contribution in [1.29, 1.82) is 0 Å². The average Bonchev–Trinajstić information content (AvgIpc) is 2.54. The van der Waals surface area contributed by atoms with E-state index in [-0.39, 0.29) is 18.1 Å². The van der Waals surface area contributed by atoms with Crippen LogP contribution in [0.25, 0.3) is 0 Å². The Kier molecular flexibility index (Phi) is 6.41. The van der Waals surface area contributed by atoms with Crippen molar-refractivity contribution in [2.24, 2.45) is 0 Å². The van der Waals surface area contributed by atoms with Crippen LogP contribution in [0.5, 0.6) is 5.75 Å². The van der Waals surface area contributed by atoms with Gasteiger partial charge < -0.3 is 15.4 Å². The molecule has 0 aromatic heterocycles. The van der Waals surface area contributed by atoms with Crippen LogP contribution in [0.3, 0.4) is 0 Å². The molecule has 7 heteroatoms. The second kappa shape index (κ2) is 8.53. The van der Waals surface area contributed by atoms with Crippen molar-refractivity contribution in [2.45, 2.75) is 26.3 Å². The van der Waals surface area contributed by atoms with Crippen molar-refractivity contribution < 1.29 is 22.7 Å². The molecule has 0 bridgehead atoms. The van der Waals surface area contributed by atoms with Crippen molar-refractivity contribution in [1.82, 2.24) is 5.32 Å². The van der Waals surface area contributed by atoms with Gasteiger partial charge in [0.15, 0.2) is 0 Å². The van der Waals surface area contributed by atoms with E-state index < -0.39 is 6.36 Å². The lowest BCUT2D eigenvalue weighted by atomic mass is 10.1. The molecule has 2 N–H and O–H groups in total. The number of carbonyl (C=O) groups is 1. The van der Waals surface area contributed by atoms with Crippen LogP contribution in [-0.2, 0) is 17.8 Å². The first-order valence-corrected chi connectivity index (χ1v) is 7.80. The highest BCUT2D eigenvalue weighted by Gasteiger charge is 2.30. The zero-order valence-corrected chi connectivity index (χ0v) is 13.7. The van der Waals surface area contributed by atoms with Gasteiger partial charge in [0.2, 0.25) is 5.91 Å². The summed E-state index contributed by atoms with van der Waals surface area (Å²) in [6.07, 6.45) is -4.67. The number of ether oxygens (including phenoxy) is 1. The summed E-state index contributed by atoms with van der Waals surface area (Å²) >= 11 is 0. The topological polar surface area (TPSA) is 50.4 Å². The lowest BCUT2D eigenvalue weighted by Gasteiger charge is -2.10. The third-order valence-electron chi connectivity index (χ3n) is 3.31. The molecule has 0 heterocycles. The molecule has 4 nitrogen and oxygen atoms in total. The Morgan fingerprint density at radius 2 is 1.80 bits per heavy atom. The fourth-order valence-corrected chi connectivity index (χ4v) is 2.23. The summed E-state index contributed by atoms with van der Waals surface area (Å²) in [5.74, 6) is -0.558. The van der Waals surface area contributed by atoms with Crippen LogP contribution in [0.4, 0.5) is 18.9 Å². The number of benzene rings is 2. The van der Waals surface area contributed by atoms with E-state index in [1.807, 2.05) is 25.1 Å². The number of nitrogens with one attached hydrogen (secondary N) is 2. The SMILES string of the molecule is CCNCc1cccc(NC(=O)Cc2ccc(OC(F)(F)F)cc2)c1. The second-order valence-electron chi connectivity index (χ2n) is 5.40. The van der Waals surface area contributed by atoms with E-state index in [2.05, 4.69) is 15.4 Å². The zero-order chi connectivity index (χ0) is 18.3. The summed E-state index contributed by atoms with van der Waals surface area (Å²) in [6.45, 7) is 3.57. The van der Waals surface area contributed by atoms with E-state index in [1.165, 1.54) is 24.3 Å². The first kappa shape index (κ1) is 18.8. The number of hydrogen-bond donors (Lipinski definition) is 2. The van der Waals surface area contributed by atoms with Gasteiger partial charge in [-0.15, -0.1) is 13.2 Å². The standard InChI is InChI=1S/C18H19F3N2O2/c1-2-22-12-14-4-3-5-15(10-14)23-17(24)11-13-6-8-16(9-7-13)25-18(19,20)21/h3-10,22H,2,11-12H2,1H3,(H,23,24). The van der Waals surface area contributed by atoms with Crippen molar-refractivity contribution in [3.8, 4) is 5.75 Å². The molecule has 2 aromatic rings. The normalized spacial score (nSPS) is 11.2. The van der Waals surface area contributed by atoms with Crippen LogP contribution in [-0.4, -0.2) is 18.8 Å². The molecule has 0 spiro atoms. The lowest BCUT2D eigenvalue weighted by molar-refractivity contribution is -0.274. The van der Waals surface area contributed by atoms with Gasteiger partial charge in [0.05, 0.1) is 6.42 Å². The molecule has 0 radical (unpaired) electrons. The zero-order valence-electron chi connectivity index (χ0n) is 13.7. The van der Waals surface area contributed by atoms with Gasteiger partial charge in [-0.25, -0.2) is 0 Å². The number of hydrogen-bond acceptors (Lipinski definition) is 3. The van der Waals surface area contributed by atoms with Crippen LogP contribution >= 0.6 is 0 Å². The van der Waals surface area contributed by atoms with Gasteiger partial charge in [0, 0.05) is 12.2 Å². The molecule has 0 saturated heterocycles. The largest absolute Gasteiger partial charge is 0.573 e. The quantitative estimate of drug-likeness (QED) is 0.795. The predicted molar refractivity (Wildman–Crippen MR) is 89.3 cm³/mol. The van der Waals surface area contributed by atoms with Gasteiger partial charge in [-0.1, -0.05) is 31.2 Å². The molecule has 0 aliphatic carbocycles. The first-order valence-electron chi connectivity index (χ1n) is 7.80. The van der Waals surface area contributed by atoms with Gasteiger partial charge in [-0.3, -0.25) is 4.79 Å². The molecular weight excluding hydrogens is 333 g/mol. The summed E-state index contributed by atoms with van der Waals surface area (Å²) in [5, 5.41) is 5.98. The number of carbonyl (C=O) groups excluding carboxylic acids is 1. The number of anilines is 1. The number of rotatable bonds is 7. The number of halogens is 3. The number of alkyl halides is 3. The molecule has 1 amide bonds. The Bertz CT molecular complexity index is 700. The fraction of sp³-hybridized carbons (Fsp3) is 0.278. The maximum atomic E-state index is 12.1. The maximum absolute atomic E-state index is 12.1. The highest BCUT2D eigenvalue weighted by Crippen LogP contribution is 2.23. The van der Waals surface area contributed by atoms with Crippen molar-refractivity contribution in [3.05, 3.63) is 59.7 Å². The van der Waals surface area contributed by atoms with Gasteiger partial charge in [-0.2, -0.15) is 0 Å². The Morgan fingerprint density at radius 1 is 1.08 bits per heavy atom. The molecule has 2 rings (SSSR count). The van der Waals surface area contributed by atoms with Gasteiger partial charge >= 0.3 is 6.36 Å². The highest BCUT2D eigenvalue weighted by molar-refractivity contribution is 5.92. The summed E-state index contributed by atoms with van der Waals surface area (Å²) in [7, 11) is 0. The third-order valence-corrected chi connectivity index (χ3v) is 3.31. The first-order chi connectivity index (χ1) is 11.9. The molecule has 0 aliphatic heterocycles. The predicted octanol–water partition coefficient (Wildman–Crippen LogP) is 3.88. The third kappa shape index (κ3) is 6.84. The molecule has 0 unspecified atom stereocenters. The Balaban J connectivity index is 1.91. The smallest absolute Gasteiger partial charge is 0.406 e. The van der Waals surface area contributed by atoms with Gasteiger partial charge in [0.25, 0.3) is 0 Å². The van der Waals surface area contributed by atoms with Crippen molar-refractivity contribution in [2.75, 3.05) is 11.9 Å². The van der Waals surface area contributed by atoms with E-state index in [1.54, 1.807) is 6.07 Å². The van der Waals surface area contributed by atoms with E-state index in [9.17, 15) is 18.0 Å². The molecule has 25 heavy (non-hydrogen) atoms. The minimum Gasteiger partial charge on any atom is -0.406 e. The summed E-state index contributed by atoms with van der Waals surface area (Å²) in [6, 6.07) is 12.7. The Hall–Kier alpha value is -2.54. The van der Waals surface area contributed by atoms with Gasteiger partial charge in [-0.05, 0) is 41.9 Å². The molecule has 0 atom stereocenters. The number of amides is 1. The van der Waals surface area contributed by atoms with Crippen molar-refractivity contribution in [3.63, 3.8) is 0 Å². The van der Waals surface area contributed by atoms with E-state index in [0.717, 1.165) is 12.1 Å². The van der Waals surface area contributed by atoms with Crippen LogP contribution in [0.1, 0.15) is 18.1 Å². The van der Waals surface area contributed by atoms with Crippen molar-refractivity contribution >= 4 is 11.6 Å². The summed E-state index contributed by atoms with van der Waals surface area (Å²) < 4.78 is 40.1. The minimum absolute atomic E-state index is 0.0593. The Morgan fingerprint density at radius 3 is 2.44 bits per heavy atom. The van der Waals surface area contributed by atoms with Crippen LogP contribution in [0, 0.1) is 0 Å².